The highest BCUT2D eigenvalue weighted by molar-refractivity contribution is 6.01. The monoisotopic (exact) mass is 495 g/mol. The first-order valence-corrected chi connectivity index (χ1v) is 12.9. The second kappa shape index (κ2) is 7.29. The molecule has 192 valence electrons. The Morgan fingerprint density at radius 2 is 1.92 bits per heavy atom. The van der Waals surface area contributed by atoms with Crippen molar-refractivity contribution in [3.05, 3.63) is 53.6 Å². The maximum Gasteiger partial charge on any atom is 0.339 e. The van der Waals surface area contributed by atoms with Crippen LogP contribution in [0.25, 0.3) is 0 Å². The molecule has 0 aromatic heterocycles. The maximum atomic E-state index is 15.8. The normalized spacial score (nSPS) is 47.1. The molecule has 1 aromatic rings. The number of hydrogen-bond acceptors (Lipinski definition) is 5. The van der Waals surface area contributed by atoms with Gasteiger partial charge in [-0.05, 0) is 66.9 Å². The third-order valence-corrected chi connectivity index (χ3v) is 11.0. The van der Waals surface area contributed by atoms with Crippen molar-refractivity contribution in [2.24, 2.45) is 34.0 Å². The summed E-state index contributed by atoms with van der Waals surface area (Å²) < 4.78 is 15.8. The average Bonchev–Trinajstić information content (AvgIpc) is 3.27. The number of para-hydroxylation sites is 1. The number of nitrogens with zero attached hydrogens (tertiary/aromatic N) is 1. The number of aryl methyl sites for hydroxylation is 1. The predicted octanol–water partition coefficient (Wildman–Crippen LogP) is 4.41. The molecule has 1 aliphatic heterocycles. The molecule has 1 saturated heterocycles. The summed E-state index contributed by atoms with van der Waals surface area (Å²) >= 11 is 0. The Morgan fingerprint density at radius 1 is 1.19 bits per heavy atom. The van der Waals surface area contributed by atoms with Crippen LogP contribution in [0.15, 0.2) is 48.1 Å². The summed E-state index contributed by atoms with van der Waals surface area (Å²) in [5.74, 6) is -2.14. The molecule has 4 fully saturated rings. The highest BCUT2D eigenvalue weighted by atomic mass is 19.1. The van der Waals surface area contributed by atoms with Crippen molar-refractivity contribution in [3.8, 4) is 0 Å². The van der Waals surface area contributed by atoms with Gasteiger partial charge in [0, 0.05) is 22.7 Å². The highest BCUT2D eigenvalue weighted by Crippen LogP contribution is 2.76. The van der Waals surface area contributed by atoms with Crippen LogP contribution in [0.5, 0.6) is 0 Å². The Balaban J connectivity index is 1.46. The number of aliphatic hydroxyl groups excluding tert-OH is 1. The number of benzene rings is 1. The molecule has 4 aliphatic carbocycles. The van der Waals surface area contributed by atoms with E-state index < -0.39 is 40.1 Å². The summed E-state index contributed by atoms with van der Waals surface area (Å²) in [5.41, 5.74) is -1.55. The number of allylic oxidation sites excluding steroid dienone is 4. The molecule has 0 radical (unpaired) electrons. The molecule has 7 heteroatoms. The van der Waals surface area contributed by atoms with Crippen LogP contribution in [-0.2, 0) is 14.4 Å². The molecule has 6 nitrogen and oxygen atoms in total. The lowest BCUT2D eigenvalue weighted by Gasteiger charge is -2.64. The molecule has 1 aromatic carbocycles. The molecule has 0 amide bonds. The minimum absolute atomic E-state index is 0.167. The molecule has 3 saturated carbocycles. The lowest BCUT2D eigenvalue weighted by Crippen LogP contribution is -2.67. The molecule has 6 rings (SSSR count). The number of carboxylic acids is 1. The number of carbonyl (C=O) groups is 2. The van der Waals surface area contributed by atoms with E-state index >= 15 is 4.39 Å². The van der Waals surface area contributed by atoms with Gasteiger partial charge in [-0.15, -0.1) is 0 Å². The number of halogens is 1. The van der Waals surface area contributed by atoms with Gasteiger partial charge in [0.25, 0.3) is 0 Å². The van der Waals surface area contributed by atoms with E-state index in [2.05, 4.69) is 6.92 Å². The third kappa shape index (κ3) is 2.63. The van der Waals surface area contributed by atoms with Gasteiger partial charge in [0.05, 0.1) is 18.3 Å². The first-order chi connectivity index (χ1) is 16.9. The van der Waals surface area contributed by atoms with Crippen molar-refractivity contribution < 1.29 is 29.0 Å². The number of ketones is 1. The number of carbonyl (C=O) groups excluding carboxylic acids is 1. The zero-order valence-electron chi connectivity index (χ0n) is 21.2. The first-order valence-electron chi connectivity index (χ1n) is 12.9. The van der Waals surface area contributed by atoms with Crippen LogP contribution in [0.1, 0.15) is 45.6 Å². The van der Waals surface area contributed by atoms with E-state index in [1.807, 2.05) is 45.0 Å². The SMILES string of the molecule is Cc1ccccc1N1CC2CC3(C)C4CC(F)C5=CC(=O)C=CC5(C)C4C(O)CC3(C)C2(C(=O)O)O1. The van der Waals surface area contributed by atoms with Gasteiger partial charge in [0.1, 0.15) is 6.17 Å². The van der Waals surface area contributed by atoms with Crippen molar-refractivity contribution in [2.45, 2.75) is 64.8 Å². The summed E-state index contributed by atoms with van der Waals surface area (Å²) in [5, 5.41) is 24.2. The Morgan fingerprint density at radius 3 is 2.61 bits per heavy atom. The minimum atomic E-state index is -1.53. The topological polar surface area (TPSA) is 87.1 Å². The summed E-state index contributed by atoms with van der Waals surface area (Å²) in [6.07, 6.45) is 3.43. The average molecular weight is 496 g/mol. The Labute approximate surface area is 210 Å². The zero-order chi connectivity index (χ0) is 25.8. The van der Waals surface area contributed by atoms with Crippen LogP contribution in [0, 0.1) is 40.9 Å². The number of hydroxylamine groups is 1. The van der Waals surface area contributed by atoms with Crippen molar-refractivity contribution in [1.29, 1.82) is 0 Å². The van der Waals surface area contributed by atoms with Crippen LogP contribution >= 0.6 is 0 Å². The van der Waals surface area contributed by atoms with E-state index in [0.29, 0.717) is 18.5 Å². The van der Waals surface area contributed by atoms with Gasteiger partial charge in [-0.25, -0.2) is 9.18 Å². The van der Waals surface area contributed by atoms with E-state index in [4.69, 9.17) is 4.84 Å². The molecule has 2 N–H and O–H groups in total. The molecule has 9 atom stereocenters. The number of rotatable bonds is 2. The fourth-order valence-electron chi connectivity index (χ4n) is 9.14. The third-order valence-electron chi connectivity index (χ3n) is 11.0. The van der Waals surface area contributed by atoms with Gasteiger partial charge in [-0.1, -0.05) is 45.0 Å². The molecule has 36 heavy (non-hydrogen) atoms. The van der Waals surface area contributed by atoms with Gasteiger partial charge in [-0.2, -0.15) is 0 Å². The van der Waals surface area contributed by atoms with Crippen LogP contribution in [0.2, 0.25) is 0 Å². The van der Waals surface area contributed by atoms with Crippen LogP contribution in [0.3, 0.4) is 0 Å². The van der Waals surface area contributed by atoms with Crippen LogP contribution < -0.4 is 5.06 Å². The molecule has 5 aliphatic rings. The van der Waals surface area contributed by atoms with Crippen LogP contribution in [0.4, 0.5) is 10.1 Å². The summed E-state index contributed by atoms with van der Waals surface area (Å²) in [7, 11) is 0. The maximum absolute atomic E-state index is 15.8. The van der Waals surface area contributed by atoms with Crippen molar-refractivity contribution in [2.75, 3.05) is 11.6 Å². The molecule has 0 spiro atoms. The number of anilines is 1. The first kappa shape index (κ1) is 23.9. The van der Waals surface area contributed by atoms with Gasteiger partial charge >= 0.3 is 5.97 Å². The minimum Gasteiger partial charge on any atom is -0.479 e. The second-order valence-corrected chi connectivity index (χ2v) is 12.4. The van der Waals surface area contributed by atoms with Crippen LogP contribution in [-0.4, -0.2) is 46.4 Å². The number of alkyl halides is 1. The number of aliphatic hydroxyl groups is 1. The lowest BCUT2D eigenvalue weighted by atomic mass is 9.41. The lowest BCUT2D eigenvalue weighted by molar-refractivity contribution is -0.225. The molecular formula is C29H34FNO5. The summed E-state index contributed by atoms with van der Waals surface area (Å²) in [6.45, 7) is 8.33. The highest BCUT2D eigenvalue weighted by Gasteiger charge is 2.80. The van der Waals surface area contributed by atoms with E-state index in [0.717, 1.165) is 11.3 Å². The van der Waals surface area contributed by atoms with Crippen molar-refractivity contribution in [1.82, 2.24) is 0 Å². The number of hydrogen-bond donors (Lipinski definition) is 2. The van der Waals surface area contributed by atoms with Gasteiger partial charge in [-0.3, -0.25) is 14.7 Å². The number of aliphatic carboxylic acids is 1. The smallest absolute Gasteiger partial charge is 0.339 e. The van der Waals surface area contributed by atoms with Crippen molar-refractivity contribution >= 4 is 17.4 Å². The fraction of sp³-hybridized carbons (Fsp3) is 0.586. The molecule has 0 bridgehead atoms. The molecule has 1 heterocycles. The zero-order valence-corrected chi connectivity index (χ0v) is 21.2. The quantitative estimate of drug-likeness (QED) is 0.632. The fourth-order valence-corrected chi connectivity index (χ4v) is 9.14. The van der Waals surface area contributed by atoms with Gasteiger partial charge in [0.15, 0.2) is 5.78 Å². The molecule has 9 unspecified atom stereocenters. The largest absolute Gasteiger partial charge is 0.479 e. The van der Waals surface area contributed by atoms with Crippen molar-refractivity contribution in [3.63, 3.8) is 0 Å². The standard InChI is InChI=1S/C29H34FNO5/c1-16-7-5-6-8-22(16)31-15-17-13-27(3)20-12-21(30)19-11-18(32)9-10-26(19,2)24(20)23(33)14-28(27,4)29(17,36-31)25(34)35/h5-11,17,20-21,23-24,33H,12-15H2,1-4H3,(H,34,35). The van der Waals surface area contributed by atoms with E-state index in [-0.39, 0.29) is 36.4 Å². The Hall–Kier alpha value is -2.51. The van der Waals surface area contributed by atoms with E-state index in [9.17, 15) is 19.8 Å². The molecular weight excluding hydrogens is 461 g/mol. The summed E-state index contributed by atoms with van der Waals surface area (Å²) in [4.78, 5) is 31.7. The Kier molecular flexibility index (Phi) is 4.83. The predicted molar refractivity (Wildman–Crippen MR) is 132 cm³/mol. The van der Waals surface area contributed by atoms with E-state index in [1.165, 1.54) is 12.2 Å². The number of fused-ring (bicyclic) bond motifs is 7. The second-order valence-electron chi connectivity index (χ2n) is 12.4. The summed E-state index contributed by atoms with van der Waals surface area (Å²) in [6, 6.07) is 7.75. The Bertz CT molecular complexity index is 1230. The number of carboxylic acid groups (broad SMARTS) is 1. The van der Waals surface area contributed by atoms with Gasteiger partial charge < -0.3 is 10.2 Å². The van der Waals surface area contributed by atoms with Gasteiger partial charge in [0.2, 0.25) is 5.60 Å². The van der Waals surface area contributed by atoms with E-state index in [1.54, 1.807) is 11.1 Å².